The van der Waals surface area contributed by atoms with Crippen molar-refractivity contribution in [1.82, 2.24) is 10.2 Å². The minimum atomic E-state index is -0.936. The van der Waals surface area contributed by atoms with Crippen molar-refractivity contribution in [1.29, 1.82) is 0 Å². The van der Waals surface area contributed by atoms with Gasteiger partial charge in [-0.1, -0.05) is 39.3 Å². The van der Waals surface area contributed by atoms with Gasteiger partial charge in [0.1, 0.15) is 6.10 Å². The number of carbonyl (C=O) groups is 2. The van der Waals surface area contributed by atoms with Gasteiger partial charge >= 0.3 is 11.9 Å². The Kier molecular flexibility index (Phi) is 13.6. The van der Waals surface area contributed by atoms with Crippen molar-refractivity contribution < 1.29 is 24.5 Å². The molecule has 49 heavy (non-hydrogen) atoms. The van der Waals surface area contributed by atoms with Gasteiger partial charge in [-0.05, 0) is 169 Å². The smallest absolute Gasteiger partial charge is 0.331 e. The maximum atomic E-state index is 12.8. The van der Waals surface area contributed by atoms with Crippen LogP contribution in [0.5, 0.6) is 0 Å². The van der Waals surface area contributed by atoms with E-state index in [9.17, 15) is 19.8 Å². The highest BCUT2D eigenvalue weighted by molar-refractivity contribution is 5.88. The summed E-state index contributed by atoms with van der Waals surface area (Å²) >= 11 is 0. The summed E-state index contributed by atoms with van der Waals surface area (Å²) in [7, 11) is 0. The second kappa shape index (κ2) is 16.7. The number of ether oxygens (including phenoxy) is 1. The molecule has 0 aromatic heterocycles. The number of carboxylic acids is 1. The van der Waals surface area contributed by atoms with Crippen molar-refractivity contribution in [3.63, 3.8) is 0 Å². The number of nitrogens with two attached hydrogens (primary N) is 2. The third-order valence-corrected chi connectivity index (χ3v) is 14.0. The first-order valence-corrected chi connectivity index (χ1v) is 19.4. The quantitative estimate of drug-likeness (QED) is 0.0600. The molecular formula is C40H70N4O5. The van der Waals surface area contributed by atoms with Crippen LogP contribution < -0.4 is 16.8 Å². The fraction of sp³-hybridized carbons (Fsp3) is 0.850. The minimum absolute atomic E-state index is 0.0261. The Morgan fingerprint density at radius 1 is 1.00 bits per heavy atom. The summed E-state index contributed by atoms with van der Waals surface area (Å²) in [6, 6.07) is 0.460. The fourth-order valence-electron chi connectivity index (χ4n) is 11.7. The van der Waals surface area contributed by atoms with Crippen LogP contribution in [0, 0.1) is 39.9 Å². The Balaban J connectivity index is 1.55. The molecule has 4 aliphatic rings. The molecule has 0 amide bonds. The van der Waals surface area contributed by atoms with E-state index in [1.54, 1.807) is 0 Å². The van der Waals surface area contributed by atoms with Gasteiger partial charge < -0.3 is 36.6 Å². The van der Waals surface area contributed by atoms with Crippen LogP contribution in [0.25, 0.3) is 0 Å². The molecule has 4 saturated carbocycles. The van der Waals surface area contributed by atoms with E-state index >= 15 is 0 Å². The van der Waals surface area contributed by atoms with Crippen LogP contribution in [0.2, 0.25) is 0 Å². The van der Waals surface area contributed by atoms with Crippen molar-refractivity contribution in [2.24, 2.45) is 51.4 Å². The summed E-state index contributed by atoms with van der Waals surface area (Å²) in [5, 5.41) is 26.7. The number of allylic oxidation sites excluding steroid dienone is 2. The van der Waals surface area contributed by atoms with Crippen LogP contribution in [0.15, 0.2) is 22.8 Å². The lowest BCUT2D eigenvalue weighted by Gasteiger charge is -2.69. The van der Waals surface area contributed by atoms with E-state index in [1.165, 1.54) is 6.92 Å². The predicted molar refractivity (Wildman–Crippen MR) is 197 cm³/mol. The van der Waals surface area contributed by atoms with Crippen LogP contribution in [-0.4, -0.2) is 84.6 Å². The number of rotatable bonds is 16. The summed E-state index contributed by atoms with van der Waals surface area (Å²) in [4.78, 5) is 27.8. The van der Waals surface area contributed by atoms with Gasteiger partial charge in [0, 0.05) is 18.5 Å². The third-order valence-electron chi connectivity index (χ3n) is 14.0. The molecule has 280 valence electrons. The summed E-state index contributed by atoms with van der Waals surface area (Å²) < 4.78 is 5.98. The molecule has 10 atom stereocenters. The Labute approximate surface area is 297 Å². The van der Waals surface area contributed by atoms with Gasteiger partial charge in [0.05, 0.1) is 6.10 Å². The zero-order valence-electron chi connectivity index (χ0n) is 31.9. The monoisotopic (exact) mass is 687 g/mol. The lowest BCUT2D eigenvalue weighted by atomic mass is 9.36. The second-order valence-electron chi connectivity index (χ2n) is 17.1. The van der Waals surface area contributed by atoms with E-state index < -0.39 is 18.2 Å². The molecule has 4 aliphatic carbocycles. The zero-order chi connectivity index (χ0) is 36.1. The van der Waals surface area contributed by atoms with Crippen molar-refractivity contribution >= 4 is 11.9 Å². The van der Waals surface area contributed by atoms with E-state index in [0.717, 1.165) is 95.4 Å². The number of nitrogens with one attached hydrogen (secondary N) is 1. The van der Waals surface area contributed by atoms with Gasteiger partial charge in [0.25, 0.3) is 0 Å². The Morgan fingerprint density at radius 2 is 1.65 bits per heavy atom. The van der Waals surface area contributed by atoms with Gasteiger partial charge in [-0.2, -0.15) is 0 Å². The highest BCUT2D eigenvalue weighted by Crippen LogP contribution is 2.74. The number of esters is 1. The van der Waals surface area contributed by atoms with Crippen molar-refractivity contribution in [2.75, 3.05) is 39.3 Å². The van der Waals surface area contributed by atoms with E-state index in [0.29, 0.717) is 49.1 Å². The first-order chi connectivity index (χ1) is 23.1. The molecule has 0 spiro atoms. The number of carbonyl (C=O) groups excluding carboxylic acids is 1. The van der Waals surface area contributed by atoms with Gasteiger partial charge in [0.2, 0.25) is 0 Å². The molecule has 4 rings (SSSR count). The van der Waals surface area contributed by atoms with Crippen LogP contribution in [-0.2, 0) is 14.3 Å². The van der Waals surface area contributed by atoms with Crippen LogP contribution in [0.4, 0.5) is 0 Å². The molecule has 0 bridgehead atoms. The normalized spacial score (nSPS) is 38.0. The molecule has 4 unspecified atom stereocenters. The summed E-state index contributed by atoms with van der Waals surface area (Å²) in [6.07, 6.45) is 10.5. The maximum Gasteiger partial charge on any atom is 0.331 e. The lowest BCUT2D eigenvalue weighted by Crippen LogP contribution is -2.66. The molecule has 9 heteroatoms. The molecule has 4 fully saturated rings. The SMILES string of the molecule is CC(=O)O[C@H]1C[C@@]2(C)C(C[C@@H](O)C3[C@@]4(C)CCC(NCCCN(CCCN)CCCN)[C@@H](C)C4CC[C@@]32C)/C1=C(\CCC=C(C)C)C(=O)O. The molecule has 0 radical (unpaired) electrons. The molecule has 0 saturated heterocycles. The van der Waals surface area contributed by atoms with Gasteiger partial charge in [-0.3, -0.25) is 4.79 Å². The number of carboxylic acid groups (broad SMARTS) is 1. The Hall–Kier alpha value is -1.78. The van der Waals surface area contributed by atoms with E-state index in [1.807, 2.05) is 13.8 Å². The van der Waals surface area contributed by atoms with Crippen molar-refractivity contribution in [3.05, 3.63) is 22.8 Å². The molecule has 0 heterocycles. The second-order valence-corrected chi connectivity index (χ2v) is 17.1. The standard InChI is InChI=1S/C40H70N4O5/c1-26(2)12-8-13-29(37(47)48)35-31-24-33(46)36-38(5)16-15-32(43-20-11-23-44(21-9-18-41)22-10-19-42)27(3)30(38)14-17-39(36,6)40(31,7)25-34(35)49-28(4)45/h12,27,30-34,36,43,46H,8-11,13-25,41-42H2,1-7H3,(H,47,48)/b35-29-/t27-,30?,31?,32?,33+,34-,36?,38-,39-,40-/m0/s1. The molecule has 7 N–H and O–H groups in total. The number of aliphatic hydroxyl groups excluding tert-OH is 1. The Bertz CT molecular complexity index is 1210. The molecule has 0 aliphatic heterocycles. The largest absolute Gasteiger partial charge is 0.478 e. The highest BCUT2D eigenvalue weighted by atomic mass is 16.5. The minimum Gasteiger partial charge on any atom is -0.478 e. The topological polar surface area (TPSA) is 151 Å². The highest BCUT2D eigenvalue weighted by Gasteiger charge is 2.70. The summed E-state index contributed by atoms with van der Waals surface area (Å²) in [5.41, 5.74) is 13.3. The molecule has 0 aromatic rings. The van der Waals surface area contributed by atoms with E-state index in [2.05, 4.69) is 44.0 Å². The average molecular weight is 687 g/mol. The van der Waals surface area contributed by atoms with Gasteiger partial charge in [-0.15, -0.1) is 0 Å². The predicted octanol–water partition coefficient (Wildman–Crippen LogP) is 5.65. The van der Waals surface area contributed by atoms with Crippen molar-refractivity contribution in [3.8, 4) is 0 Å². The number of hydrogen-bond donors (Lipinski definition) is 5. The van der Waals surface area contributed by atoms with Crippen LogP contribution in [0.1, 0.15) is 119 Å². The first-order valence-electron chi connectivity index (χ1n) is 19.4. The number of aliphatic carboxylic acids is 1. The molecular weight excluding hydrogens is 616 g/mol. The van der Waals surface area contributed by atoms with Crippen LogP contribution >= 0.6 is 0 Å². The van der Waals surface area contributed by atoms with E-state index in [4.69, 9.17) is 16.2 Å². The molecule has 0 aromatic carbocycles. The zero-order valence-corrected chi connectivity index (χ0v) is 31.9. The maximum absolute atomic E-state index is 12.8. The fourth-order valence-corrected chi connectivity index (χ4v) is 11.7. The number of aliphatic hydroxyl groups is 1. The summed E-state index contributed by atoms with van der Waals surface area (Å²) in [5.74, 6) is -0.372. The van der Waals surface area contributed by atoms with Crippen molar-refractivity contribution in [2.45, 2.75) is 137 Å². The third kappa shape index (κ3) is 8.16. The average Bonchev–Trinajstić information content (AvgIpc) is 3.29. The number of hydrogen-bond acceptors (Lipinski definition) is 8. The summed E-state index contributed by atoms with van der Waals surface area (Å²) in [6.45, 7) is 20.6. The van der Waals surface area contributed by atoms with Gasteiger partial charge in [0.15, 0.2) is 0 Å². The molecule has 9 nitrogen and oxygen atoms in total. The number of nitrogens with zero attached hydrogens (tertiary/aromatic N) is 1. The first kappa shape index (κ1) is 40.0. The lowest BCUT2D eigenvalue weighted by molar-refractivity contribution is -0.227. The van der Waals surface area contributed by atoms with E-state index in [-0.39, 0.29) is 34.1 Å². The van der Waals surface area contributed by atoms with Crippen LogP contribution in [0.3, 0.4) is 0 Å². The Morgan fingerprint density at radius 3 is 2.24 bits per heavy atom. The van der Waals surface area contributed by atoms with Gasteiger partial charge in [-0.25, -0.2) is 4.79 Å². The number of fused-ring (bicyclic) bond motifs is 5.